The zero-order valence-electron chi connectivity index (χ0n) is 13.3. The number of ether oxygens (including phenoxy) is 1. The fraction of sp³-hybridized carbons (Fsp3) is 0.316. The molecule has 23 heavy (non-hydrogen) atoms. The molecule has 120 valence electrons. The number of nitrogens with two attached hydrogens (primary N) is 1. The number of primary amides is 1. The normalized spacial score (nSPS) is 22.6. The number of nitrogens with zero attached hydrogens (tertiary/aromatic N) is 1. The molecule has 0 radical (unpaired) electrons. The number of hydrogen-bond acceptors (Lipinski definition) is 2. The largest absolute Gasteiger partial charge is 0.366 e. The van der Waals surface area contributed by atoms with Crippen molar-refractivity contribution >= 4 is 6.03 Å². The van der Waals surface area contributed by atoms with Crippen LogP contribution in [0.2, 0.25) is 0 Å². The lowest BCUT2D eigenvalue weighted by molar-refractivity contribution is -0.116. The number of hydrogen-bond donors (Lipinski definition) is 1. The Bertz CT molecular complexity index is 660. The first-order valence-corrected chi connectivity index (χ1v) is 7.92. The van der Waals surface area contributed by atoms with Crippen LogP contribution in [0.3, 0.4) is 0 Å². The van der Waals surface area contributed by atoms with E-state index >= 15 is 0 Å². The van der Waals surface area contributed by atoms with Crippen molar-refractivity contribution in [1.82, 2.24) is 4.90 Å². The second-order valence-corrected chi connectivity index (χ2v) is 6.00. The average Bonchev–Trinajstić information content (AvgIpc) is 2.62. The van der Waals surface area contributed by atoms with Gasteiger partial charge in [0, 0.05) is 12.5 Å². The second-order valence-electron chi connectivity index (χ2n) is 6.00. The molecule has 3 rings (SSSR count). The summed E-state index contributed by atoms with van der Waals surface area (Å²) in [7, 11) is 0. The molecule has 0 spiro atoms. The second kappa shape index (κ2) is 6.42. The van der Waals surface area contributed by atoms with Crippen LogP contribution < -0.4 is 5.73 Å². The van der Waals surface area contributed by atoms with Crippen LogP contribution in [0.5, 0.6) is 0 Å². The van der Waals surface area contributed by atoms with E-state index in [1.165, 1.54) is 5.56 Å². The molecule has 0 bridgehead atoms. The van der Waals surface area contributed by atoms with Crippen molar-refractivity contribution < 1.29 is 9.53 Å². The number of urea groups is 1. The van der Waals surface area contributed by atoms with Gasteiger partial charge >= 0.3 is 6.03 Å². The highest BCUT2D eigenvalue weighted by molar-refractivity contribution is 5.72. The van der Waals surface area contributed by atoms with Crippen molar-refractivity contribution in [2.75, 3.05) is 19.7 Å². The van der Waals surface area contributed by atoms with Crippen molar-refractivity contribution in [2.45, 2.75) is 18.4 Å². The molecule has 2 amide bonds. The Morgan fingerprint density at radius 1 is 1.13 bits per heavy atom. The van der Waals surface area contributed by atoms with Gasteiger partial charge in [0.15, 0.2) is 0 Å². The van der Waals surface area contributed by atoms with Crippen LogP contribution in [0.4, 0.5) is 4.79 Å². The number of rotatable bonds is 3. The molecule has 1 fully saturated rings. The number of carbonyl (C=O) groups is 1. The molecule has 2 N–H and O–H groups in total. The molecule has 1 saturated heterocycles. The zero-order chi connectivity index (χ0) is 16.3. The lowest BCUT2D eigenvalue weighted by Gasteiger charge is -2.46. The van der Waals surface area contributed by atoms with Crippen LogP contribution >= 0.6 is 0 Å². The van der Waals surface area contributed by atoms with Crippen LogP contribution in [0.1, 0.15) is 24.0 Å². The molecule has 2 aromatic carbocycles. The molecular formula is C19H22N2O2. The number of carbonyl (C=O) groups excluding carboxylic acids is 1. The van der Waals surface area contributed by atoms with Gasteiger partial charge in [-0.2, -0.15) is 0 Å². The van der Waals surface area contributed by atoms with Crippen molar-refractivity contribution in [2.24, 2.45) is 5.73 Å². The van der Waals surface area contributed by atoms with E-state index in [1.807, 2.05) is 36.4 Å². The van der Waals surface area contributed by atoms with Crippen molar-refractivity contribution in [3.8, 4) is 0 Å². The summed E-state index contributed by atoms with van der Waals surface area (Å²) in [5.41, 5.74) is 7.20. The summed E-state index contributed by atoms with van der Waals surface area (Å²) < 4.78 is 6.30. The van der Waals surface area contributed by atoms with Crippen molar-refractivity contribution in [1.29, 1.82) is 0 Å². The number of benzene rings is 2. The lowest BCUT2D eigenvalue weighted by atomic mass is 9.77. The first-order chi connectivity index (χ1) is 11.1. The van der Waals surface area contributed by atoms with Gasteiger partial charge in [0.1, 0.15) is 5.60 Å². The molecule has 4 heteroatoms. The molecule has 0 aromatic heterocycles. The Morgan fingerprint density at radius 3 is 2.35 bits per heavy atom. The highest BCUT2D eigenvalue weighted by Gasteiger charge is 2.44. The maximum atomic E-state index is 11.7. The minimum Gasteiger partial charge on any atom is -0.366 e. The Labute approximate surface area is 136 Å². The molecule has 2 atom stereocenters. The topological polar surface area (TPSA) is 55.6 Å². The summed E-state index contributed by atoms with van der Waals surface area (Å²) in [6.45, 7) is 3.62. The van der Waals surface area contributed by atoms with Crippen LogP contribution in [0.15, 0.2) is 60.7 Å². The van der Waals surface area contributed by atoms with Gasteiger partial charge in [-0.25, -0.2) is 4.79 Å². The van der Waals surface area contributed by atoms with E-state index < -0.39 is 11.6 Å². The van der Waals surface area contributed by atoms with Gasteiger partial charge in [-0.15, -0.1) is 0 Å². The molecule has 1 heterocycles. The molecular weight excluding hydrogens is 288 g/mol. The zero-order valence-corrected chi connectivity index (χ0v) is 13.3. The molecule has 0 aliphatic carbocycles. The van der Waals surface area contributed by atoms with Crippen LogP contribution in [0.25, 0.3) is 0 Å². The SMILES string of the molecule is CC(c1ccccc1)C1(c2ccccc2)CN(C(N)=O)CCO1. The summed E-state index contributed by atoms with van der Waals surface area (Å²) in [5.74, 6) is 0.0910. The van der Waals surface area contributed by atoms with Gasteiger partial charge in [0.25, 0.3) is 0 Å². The minimum absolute atomic E-state index is 0.0910. The van der Waals surface area contributed by atoms with E-state index in [4.69, 9.17) is 10.5 Å². The third-order valence-electron chi connectivity index (χ3n) is 4.72. The van der Waals surface area contributed by atoms with E-state index in [0.29, 0.717) is 19.7 Å². The lowest BCUT2D eigenvalue weighted by Crippen LogP contribution is -2.55. The third kappa shape index (κ3) is 2.94. The summed E-state index contributed by atoms with van der Waals surface area (Å²) in [4.78, 5) is 13.4. The van der Waals surface area contributed by atoms with Gasteiger partial charge in [0.05, 0.1) is 13.2 Å². The average molecular weight is 310 g/mol. The Kier molecular flexibility index (Phi) is 4.35. The Balaban J connectivity index is 2.05. The maximum Gasteiger partial charge on any atom is 0.314 e. The monoisotopic (exact) mass is 310 g/mol. The van der Waals surface area contributed by atoms with Gasteiger partial charge in [0.2, 0.25) is 0 Å². The predicted molar refractivity (Wildman–Crippen MR) is 90.1 cm³/mol. The third-order valence-corrected chi connectivity index (χ3v) is 4.72. The van der Waals surface area contributed by atoms with E-state index in [2.05, 4.69) is 31.2 Å². The van der Waals surface area contributed by atoms with Gasteiger partial charge < -0.3 is 15.4 Å². The predicted octanol–water partition coefficient (Wildman–Crippen LogP) is 3.10. The molecule has 2 aromatic rings. The molecule has 2 unspecified atom stereocenters. The first-order valence-electron chi connectivity index (χ1n) is 7.92. The number of amides is 2. The fourth-order valence-electron chi connectivity index (χ4n) is 3.35. The quantitative estimate of drug-likeness (QED) is 0.947. The van der Waals surface area contributed by atoms with Crippen LogP contribution in [-0.2, 0) is 10.3 Å². The Hall–Kier alpha value is -2.33. The molecule has 0 saturated carbocycles. The van der Waals surface area contributed by atoms with Crippen LogP contribution in [0, 0.1) is 0 Å². The van der Waals surface area contributed by atoms with Gasteiger partial charge in [-0.3, -0.25) is 0 Å². The van der Waals surface area contributed by atoms with Crippen molar-refractivity contribution in [3.63, 3.8) is 0 Å². The van der Waals surface area contributed by atoms with Gasteiger partial charge in [-0.1, -0.05) is 67.6 Å². The van der Waals surface area contributed by atoms with E-state index in [1.54, 1.807) is 4.90 Å². The standard InChI is InChI=1S/C19H22N2O2/c1-15(16-8-4-2-5-9-16)19(17-10-6-3-7-11-17)14-21(18(20)22)12-13-23-19/h2-11,15H,12-14H2,1H3,(H2,20,22). The first kappa shape index (κ1) is 15.6. The van der Waals surface area contributed by atoms with Crippen LogP contribution in [-0.4, -0.2) is 30.6 Å². The summed E-state index contributed by atoms with van der Waals surface area (Å²) >= 11 is 0. The molecule has 1 aliphatic heterocycles. The van der Waals surface area contributed by atoms with E-state index in [-0.39, 0.29) is 5.92 Å². The van der Waals surface area contributed by atoms with E-state index in [9.17, 15) is 4.79 Å². The summed E-state index contributed by atoms with van der Waals surface area (Å²) in [5, 5.41) is 0. The summed E-state index contributed by atoms with van der Waals surface area (Å²) in [6.07, 6.45) is 0. The molecule has 1 aliphatic rings. The Morgan fingerprint density at radius 2 is 1.74 bits per heavy atom. The minimum atomic E-state index is -0.587. The smallest absolute Gasteiger partial charge is 0.314 e. The summed E-state index contributed by atoms with van der Waals surface area (Å²) in [6, 6.07) is 20.0. The maximum absolute atomic E-state index is 11.7. The van der Waals surface area contributed by atoms with E-state index in [0.717, 1.165) is 5.56 Å². The highest BCUT2D eigenvalue weighted by Crippen LogP contribution is 2.42. The fourth-order valence-corrected chi connectivity index (χ4v) is 3.35. The highest BCUT2D eigenvalue weighted by atomic mass is 16.5. The molecule has 4 nitrogen and oxygen atoms in total. The van der Waals surface area contributed by atoms with Gasteiger partial charge in [-0.05, 0) is 11.1 Å². The number of morpholine rings is 1. The van der Waals surface area contributed by atoms with Crippen molar-refractivity contribution in [3.05, 3.63) is 71.8 Å².